The van der Waals surface area contributed by atoms with Crippen molar-refractivity contribution in [2.75, 3.05) is 6.54 Å². The fourth-order valence-electron chi connectivity index (χ4n) is 4.43. The lowest BCUT2D eigenvalue weighted by Crippen LogP contribution is -2.15. The zero-order valence-electron chi connectivity index (χ0n) is 18.3. The number of benzene rings is 2. The molecular formula is C24H26ClFN6O. The highest BCUT2D eigenvalue weighted by molar-refractivity contribution is 5.96. The lowest BCUT2D eigenvalue weighted by Gasteiger charge is -2.04. The van der Waals surface area contributed by atoms with E-state index in [1.165, 1.54) is 12.1 Å². The lowest BCUT2D eigenvalue weighted by atomic mass is 10.1. The minimum atomic E-state index is -0.366. The number of hydrogen-bond acceptors (Lipinski definition) is 3. The average Bonchev–Trinajstić information content (AvgIpc) is 3.46. The van der Waals surface area contributed by atoms with Gasteiger partial charge in [0, 0.05) is 47.3 Å². The van der Waals surface area contributed by atoms with Crippen LogP contribution < -0.4 is 11.4 Å². The van der Waals surface area contributed by atoms with E-state index in [1.807, 2.05) is 35.2 Å². The normalized spacial score (nSPS) is 11.4. The number of fused-ring (bicyclic) bond motifs is 2. The van der Waals surface area contributed by atoms with E-state index in [9.17, 15) is 9.18 Å². The molecule has 7 nitrogen and oxygen atoms in total. The maximum atomic E-state index is 14.2. The number of rotatable bonds is 7. The Hall–Kier alpha value is -3.36. The van der Waals surface area contributed by atoms with Gasteiger partial charge in [-0.1, -0.05) is 25.1 Å². The largest absolute Gasteiger partial charge is 0.348 e. The van der Waals surface area contributed by atoms with E-state index >= 15 is 0 Å². The molecule has 3 N–H and O–H groups in total. The molecule has 0 fully saturated rings. The van der Waals surface area contributed by atoms with Crippen molar-refractivity contribution in [3.8, 4) is 17.1 Å². The minimum Gasteiger partial charge on any atom is -0.347 e. The summed E-state index contributed by atoms with van der Waals surface area (Å²) >= 11 is 0. The van der Waals surface area contributed by atoms with Gasteiger partial charge in [-0.3, -0.25) is 0 Å². The highest BCUT2D eigenvalue weighted by Gasteiger charge is 2.21. The third kappa shape index (κ3) is 3.85. The molecule has 9 heteroatoms. The summed E-state index contributed by atoms with van der Waals surface area (Å²) in [5.41, 5.74) is 8.72. The van der Waals surface area contributed by atoms with Crippen LogP contribution in [0.3, 0.4) is 0 Å². The van der Waals surface area contributed by atoms with Crippen LogP contribution in [0.15, 0.2) is 59.7 Å². The molecule has 0 unspecified atom stereocenters. The number of H-pyrrole nitrogens is 1. The number of aromatic amines is 1. The van der Waals surface area contributed by atoms with Gasteiger partial charge in [-0.15, -0.1) is 12.4 Å². The van der Waals surface area contributed by atoms with Crippen molar-refractivity contribution in [2.45, 2.75) is 32.9 Å². The van der Waals surface area contributed by atoms with Crippen molar-refractivity contribution >= 4 is 34.2 Å². The second-order valence-electron chi connectivity index (χ2n) is 7.95. The lowest BCUT2D eigenvalue weighted by molar-refractivity contribution is 0.629. The molecule has 5 aromatic rings. The van der Waals surface area contributed by atoms with Gasteiger partial charge in [0.05, 0.1) is 11.2 Å². The van der Waals surface area contributed by atoms with Crippen molar-refractivity contribution in [3.63, 3.8) is 0 Å². The Morgan fingerprint density at radius 1 is 1.03 bits per heavy atom. The number of aryl methyl sites for hydroxylation is 2. The monoisotopic (exact) mass is 468 g/mol. The standard InChI is InChI=1S/C24H25FN6O.ClH/c1-2-11-29-14-19(17-6-3-4-7-20(17)29)23-27-28-24(32)31(23)22-15-30(12-5-10-26)21-9-8-16(25)13-18(21)22;/h3-4,6-9,13-15H,2,5,10-12,26H2,1H3,(H,28,32);1H. The molecule has 0 aliphatic carbocycles. The van der Waals surface area contributed by atoms with E-state index in [4.69, 9.17) is 5.73 Å². The number of aromatic nitrogens is 5. The van der Waals surface area contributed by atoms with Gasteiger partial charge >= 0.3 is 5.69 Å². The molecule has 0 saturated carbocycles. The number of nitrogens with one attached hydrogen (secondary N) is 1. The number of para-hydroxylation sites is 1. The Labute approximate surface area is 196 Å². The molecular weight excluding hydrogens is 443 g/mol. The van der Waals surface area contributed by atoms with Gasteiger partial charge in [-0.2, -0.15) is 5.10 Å². The first-order valence-corrected chi connectivity index (χ1v) is 10.9. The zero-order chi connectivity index (χ0) is 22.2. The van der Waals surface area contributed by atoms with Crippen LogP contribution in [0.4, 0.5) is 4.39 Å². The Balaban J connectivity index is 0.00000259. The first-order chi connectivity index (χ1) is 15.6. The van der Waals surface area contributed by atoms with E-state index < -0.39 is 0 Å². The van der Waals surface area contributed by atoms with Gasteiger partial charge in [0.25, 0.3) is 0 Å². The first kappa shape index (κ1) is 22.8. The van der Waals surface area contributed by atoms with E-state index in [2.05, 4.69) is 27.8 Å². The molecule has 0 aliphatic rings. The van der Waals surface area contributed by atoms with E-state index in [0.717, 1.165) is 41.4 Å². The molecule has 0 saturated heterocycles. The second-order valence-corrected chi connectivity index (χ2v) is 7.95. The van der Waals surface area contributed by atoms with Crippen LogP contribution in [0.25, 0.3) is 38.9 Å². The third-order valence-corrected chi connectivity index (χ3v) is 5.83. The van der Waals surface area contributed by atoms with Crippen molar-refractivity contribution in [1.29, 1.82) is 0 Å². The molecule has 33 heavy (non-hydrogen) atoms. The Morgan fingerprint density at radius 3 is 2.58 bits per heavy atom. The Bertz CT molecular complexity index is 1480. The van der Waals surface area contributed by atoms with Gasteiger partial charge in [0.2, 0.25) is 0 Å². The molecule has 0 bridgehead atoms. The summed E-state index contributed by atoms with van der Waals surface area (Å²) in [6.07, 6.45) is 5.68. The molecule has 0 radical (unpaired) electrons. The van der Waals surface area contributed by atoms with Crippen molar-refractivity contribution in [3.05, 3.63) is 71.2 Å². The number of halogens is 2. The van der Waals surface area contributed by atoms with Crippen LogP contribution >= 0.6 is 12.4 Å². The van der Waals surface area contributed by atoms with Gasteiger partial charge < -0.3 is 14.9 Å². The predicted octanol–water partition coefficient (Wildman–Crippen LogP) is 4.46. The first-order valence-electron chi connectivity index (χ1n) is 10.9. The predicted molar refractivity (Wildman–Crippen MR) is 132 cm³/mol. The molecule has 0 amide bonds. The van der Waals surface area contributed by atoms with Crippen LogP contribution in [0.2, 0.25) is 0 Å². The SMILES string of the molecule is CCCn1cc(-c2n[nH]c(=O)n2-c2cn(CCCN)c3ccc(F)cc23)c2ccccc21.Cl. The Morgan fingerprint density at radius 2 is 1.79 bits per heavy atom. The minimum absolute atomic E-state index is 0. The van der Waals surface area contributed by atoms with Crippen LogP contribution in [-0.2, 0) is 13.1 Å². The molecule has 5 rings (SSSR count). The molecule has 2 aromatic carbocycles. The van der Waals surface area contributed by atoms with E-state index in [1.54, 1.807) is 10.6 Å². The number of hydrogen-bond donors (Lipinski definition) is 2. The van der Waals surface area contributed by atoms with Crippen molar-refractivity contribution < 1.29 is 4.39 Å². The fraction of sp³-hybridized carbons (Fsp3) is 0.250. The molecule has 0 atom stereocenters. The van der Waals surface area contributed by atoms with Crippen LogP contribution in [0, 0.1) is 5.82 Å². The topological polar surface area (TPSA) is 86.6 Å². The summed E-state index contributed by atoms with van der Waals surface area (Å²) in [7, 11) is 0. The van der Waals surface area contributed by atoms with Gasteiger partial charge in [-0.25, -0.2) is 18.9 Å². The summed E-state index contributed by atoms with van der Waals surface area (Å²) in [4.78, 5) is 12.9. The third-order valence-electron chi connectivity index (χ3n) is 5.83. The van der Waals surface area contributed by atoms with Gasteiger partial charge in [0.1, 0.15) is 5.82 Å². The van der Waals surface area contributed by atoms with Gasteiger partial charge in [0.15, 0.2) is 5.82 Å². The molecule has 0 aliphatic heterocycles. The van der Waals surface area contributed by atoms with Crippen LogP contribution in [0.1, 0.15) is 19.8 Å². The van der Waals surface area contributed by atoms with Crippen LogP contribution in [0.5, 0.6) is 0 Å². The number of nitrogens with two attached hydrogens (primary N) is 1. The van der Waals surface area contributed by atoms with Crippen LogP contribution in [-0.4, -0.2) is 30.4 Å². The highest BCUT2D eigenvalue weighted by Crippen LogP contribution is 2.33. The summed E-state index contributed by atoms with van der Waals surface area (Å²) < 4.78 is 19.9. The smallest absolute Gasteiger partial charge is 0.347 e. The van der Waals surface area contributed by atoms with Crippen molar-refractivity contribution in [2.24, 2.45) is 5.73 Å². The molecule has 172 valence electrons. The summed E-state index contributed by atoms with van der Waals surface area (Å²) in [6.45, 7) is 4.21. The maximum Gasteiger partial charge on any atom is 0.348 e. The van der Waals surface area contributed by atoms with E-state index in [-0.39, 0.29) is 23.9 Å². The van der Waals surface area contributed by atoms with Crippen molar-refractivity contribution in [1.82, 2.24) is 23.9 Å². The highest BCUT2D eigenvalue weighted by atomic mass is 35.5. The molecule has 3 aromatic heterocycles. The zero-order valence-corrected chi connectivity index (χ0v) is 19.1. The maximum absolute atomic E-state index is 14.2. The summed E-state index contributed by atoms with van der Waals surface area (Å²) in [6, 6.07) is 12.7. The Kier molecular flexibility index (Phi) is 6.40. The molecule has 3 heterocycles. The van der Waals surface area contributed by atoms with E-state index in [0.29, 0.717) is 30.0 Å². The quantitative estimate of drug-likeness (QED) is 0.370. The average molecular weight is 469 g/mol. The molecule has 0 spiro atoms. The van der Waals surface area contributed by atoms with Gasteiger partial charge in [-0.05, 0) is 43.7 Å². The summed E-state index contributed by atoms with van der Waals surface area (Å²) in [5.74, 6) is 0.149. The second kappa shape index (κ2) is 9.25. The summed E-state index contributed by atoms with van der Waals surface area (Å²) in [5, 5.41) is 8.64. The fourth-order valence-corrected chi connectivity index (χ4v) is 4.43. The number of nitrogens with zero attached hydrogens (tertiary/aromatic N) is 4.